The highest BCUT2D eigenvalue weighted by atomic mass is 16.5. The molecule has 1 aliphatic rings. The maximum absolute atomic E-state index is 13.1. The number of ether oxygens (including phenoxy) is 1. The van der Waals surface area contributed by atoms with Crippen molar-refractivity contribution in [3.05, 3.63) is 47.7 Å². The molecule has 1 aromatic heterocycles. The molecule has 0 saturated carbocycles. The van der Waals surface area contributed by atoms with Gasteiger partial charge in [0.2, 0.25) is 5.91 Å². The standard InChI is InChI=1S/C30H42N4O5/c1-7-23-13-12-22-11-10-21(17-25(22)32-23)14-15-30(5,6)18-39-26(19(2)3)27(35)31-20(4)28(36)34-16-8-9-24(33-34)29(37)38/h10-15,17,19-20,24,26,33H,7-9,16,18H2,1-6H3,(H,31,35)(H,37,38). The van der Waals surface area contributed by atoms with E-state index < -0.39 is 24.2 Å². The normalized spacial score (nSPS) is 17.9. The number of nitrogens with zero attached hydrogens (tertiary/aromatic N) is 2. The van der Waals surface area contributed by atoms with Crippen molar-refractivity contribution < 1.29 is 24.2 Å². The van der Waals surface area contributed by atoms with Gasteiger partial charge in [0.1, 0.15) is 18.2 Å². The molecule has 212 valence electrons. The zero-order valence-electron chi connectivity index (χ0n) is 23.9. The number of aliphatic carboxylic acids is 1. The molecule has 3 rings (SSSR count). The van der Waals surface area contributed by atoms with Crippen LogP contribution in [0.25, 0.3) is 17.0 Å². The van der Waals surface area contributed by atoms with Crippen LogP contribution in [0.3, 0.4) is 0 Å². The zero-order valence-corrected chi connectivity index (χ0v) is 23.9. The highest BCUT2D eigenvalue weighted by molar-refractivity contribution is 5.89. The van der Waals surface area contributed by atoms with Crippen LogP contribution in [-0.2, 0) is 25.5 Å². The molecule has 1 aliphatic heterocycles. The first-order chi connectivity index (χ1) is 18.4. The molecule has 1 saturated heterocycles. The van der Waals surface area contributed by atoms with Gasteiger partial charge < -0.3 is 15.2 Å². The van der Waals surface area contributed by atoms with Gasteiger partial charge in [0, 0.05) is 23.0 Å². The lowest BCUT2D eigenvalue weighted by molar-refractivity contribution is -0.150. The third-order valence-electron chi connectivity index (χ3n) is 6.84. The van der Waals surface area contributed by atoms with E-state index in [2.05, 4.69) is 54.1 Å². The summed E-state index contributed by atoms with van der Waals surface area (Å²) in [5.74, 6) is -1.87. The number of fused-ring (bicyclic) bond motifs is 1. The number of carbonyl (C=O) groups is 3. The van der Waals surface area contributed by atoms with Crippen molar-refractivity contribution in [1.29, 1.82) is 0 Å². The Hall–Kier alpha value is -3.30. The van der Waals surface area contributed by atoms with E-state index in [0.717, 1.165) is 28.6 Å². The van der Waals surface area contributed by atoms with Crippen molar-refractivity contribution in [3.8, 4) is 0 Å². The number of rotatable bonds is 11. The van der Waals surface area contributed by atoms with Gasteiger partial charge in [-0.3, -0.25) is 24.4 Å². The van der Waals surface area contributed by atoms with Crippen molar-refractivity contribution in [3.63, 3.8) is 0 Å². The van der Waals surface area contributed by atoms with E-state index in [9.17, 15) is 19.5 Å². The zero-order chi connectivity index (χ0) is 28.7. The lowest BCUT2D eigenvalue weighted by atomic mass is 9.93. The summed E-state index contributed by atoms with van der Waals surface area (Å²) in [5.41, 5.74) is 5.44. The number of carbonyl (C=O) groups excluding carboxylic acids is 2. The van der Waals surface area contributed by atoms with E-state index in [1.165, 1.54) is 5.01 Å². The molecule has 0 bridgehead atoms. The SMILES string of the molecule is CCc1ccc2ccc(C=CC(C)(C)COC(C(=O)NC(C)C(=O)N3CCCC(C(=O)O)N3)C(C)C)cc2n1. The second-order valence-corrected chi connectivity index (χ2v) is 11.3. The van der Waals surface area contributed by atoms with E-state index >= 15 is 0 Å². The van der Waals surface area contributed by atoms with E-state index in [4.69, 9.17) is 9.72 Å². The number of carboxylic acids is 1. The molecule has 2 amide bonds. The quantitative estimate of drug-likeness (QED) is 0.396. The Balaban J connectivity index is 1.59. The van der Waals surface area contributed by atoms with Crippen molar-refractivity contribution in [2.45, 2.75) is 79.0 Å². The summed E-state index contributed by atoms with van der Waals surface area (Å²) in [6, 6.07) is 8.69. The molecule has 9 heteroatoms. The van der Waals surface area contributed by atoms with Gasteiger partial charge in [-0.1, -0.05) is 65.0 Å². The molecule has 2 aromatic rings. The highest BCUT2D eigenvalue weighted by Crippen LogP contribution is 2.23. The minimum Gasteiger partial charge on any atom is -0.480 e. The molecule has 9 nitrogen and oxygen atoms in total. The van der Waals surface area contributed by atoms with Crippen LogP contribution < -0.4 is 10.7 Å². The molecular weight excluding hydrogens is 496 g/mol. The monoisotopic (exact) mass is 538 g/mol. The average molecular weight is 539 g/mol. The predicted octanol–water partition coefficient (Wildman–Crippen LogP) is 3.96. The van der Waals surface area contributed by atoms with Gasteiger partial charge in [-0.25, -0.2) is 5.43 Å². The third kappa shape index (κ3) is 8.34. The molecular formula is C30H42N4O5. The molecule has 3 atom stereocenters. The molecule has 3 N–H and O–H groups in total. The molecule has 0 radical (unpaired) electrons. The van der Waals surface area contributed by atoms with E-state index in [1.807, 2.05) is 33.8 Å². The van der Waals surface area contributed by atoms with Crippen molar-refractivity contribution in [2.75, 3.05) is 13.2 Å². The first-order valence-electron chi connectivity index (χ1n) is 13.7. The van der Waals surface area contributed by atoms with Crippen LogP contribution in [0.4, 0.5) is 0 Å². The van der Waals surface area contributed by atoms with E-state index in [1.54, 1.807) is 6.92 Å². The number of hydrogen-bond donors (Lipinski definition) is 3. The lowest BCUT2D eigenvalue weighted by Crippen LogP contribution is -2.60. The minimum atomic E-state index is -1.00. The summed E-state index contributed by atoms with van der Waals surface area (Å²) in [4.78, 5) is 41.9. The first kappa shape index (κ1) is 30.2. The number of aromatic nitrogens is 1. The summed E-state index contributed by atoms with van der Waals surface area (Å²) in [6.07, 6.45) is 5.28. The molecule has 0 aliphatic carbocycles. The molecule has 2 heterocycles. The van der Waals surface area contributed by atoms with Gasteiger partial charge in [-0.2, -0.15) is 0 Å². The van der Waals surface area contributed by atoms with Crippen molar-refractivity contribution in [1.82, 2.24) is 20.7 Å². The maximum atomic E-state index is 13.1. The van der Waals surface area contributed by atoms with Gasteiger partial charge in [0.25, 0.3) is 5.91 Å². The maximum Gasteiger partial charge on any atom is 0.322 e. The summed E-state index contributed by atoms with van der Waals surface area (Å²) >= 11 is 0. The summed E-state index contributed by atoms with van der Waals surface area (Å²) in [7, 11) is 0. The minimum absolute atomic E-state index is 0.115. The topological polar surface area (TPSA) is 121 Å². The number of nitrogens with one attached hydrogen (secondary N) is 2. The summed E-state index contributed by atoms with van der Waals surface area (Å²) in [5, 5.41) is 14.4. The fourth-order valence-corrected chi connectivity index (χ4v) is 4.44. The van der Waals surface area contributed by atoms with Crippen LogP contribution in [0.15, 0.2) is 36.4 Å². The molecule has 39 heavy (non-hydrogen) atoms. The number of aryl methyl sites for hydroxylation is 1. The smallest absolute Gasteiger partial charge is 0.322 e. The summed E-state index contributed by atoms with van der Waals surface area (Å²) < 4.78 is 6.10. The fourth-order valence-electron chi connectivity index (χ4n) is 4.44. The Morgan fingerprint density at radius 2 is 1.95 bits per heavy atom. The molecule has 0 spiro atoms. The third-order valence-corrected chi connectivity index (χ3v) is 6.84. The number of amides is 2. The Kier molecular flexibility index (Phi) is 10.2. The van der Waals surface area contributed by atoms with Gasteiger partial charge in [-0.15, -0.1) is 0 Å². The van der Waals surface area contributed by atoms with Crippen LogP contribution in [-0.4, -0.2) is 64.2 Å². The van der Waals surface area contributed by atoms with Crippen LogP contribution in [0.2, 0.25) is 0 Å². The van der Waals surface area contributed by atoms with Crippen LogP contribution in [0.5, 0.6) is 0 Å². The molecule has 1 aromatic carbocycles. The van der Waals surface area contributed by atoms with E-state index in [0.29, 0.717) is 26.0 Å². The summed E-state index contributed by atoms with van der Waals surface area (Å²) in [6.45, 7) is 12.3. The number of hydrazine groups is 1. The van der Waals surface area contributed by atoms with Gasteiger partial charge in [0.15, 0.2) is 0 Å². The van der Waals surface area contributed by atoms with Gasteiger partial charge >= 0.3 is 5.97 Å². The lowest BCUT2D eigenvalue weighted by Gasteiger charge is -2.34. The number of hydrogen-bond acceptors (Lipinski definition) is 6. The number of pyridine rings is 1. The molecule has 1 fully saturated rings. The number of benzene rings is 1. The van der Waals surface area contributed by atoms with E-state index in [-0.39, 0.29) is 23.1 Å². The molecule has 3 unspecified atom stereocenters. The predicted molar refractivity (Wildman–Crippen MR) is 152 cm³/mol. The van der Waals surface area contributed by atoms with Crippen molar-refractivity contribution in [2.24, 2.45) is 11.3 Å². The van der Waals surface area contributed by atoms with Crippen LogP contribution >= 0.6 is 0 Å². The average Bonchev–Trinajstić information content (AvgIpc) is 2.90. The van der Waals surface area contributed by atoms with Crippen molar-refractivity contribution >= 4 is 34.8 Å². The fraction of sp³-hybridized carbons (Fsp3) is 0.533. The largest absolute Gasteiger partial charge is 0.480 e. The van der Waals surface area contributed by atoms with Crippen LogP contribution in [0.1, 0.15) is 65.6 Å². The van der Waals surface area contributed by atoms with Gasteiger partial charge in [0.05, 0.1) is 12.1 Å². The Morgan fingerprint density at radius 1 is 1.23 bits per heavy atom. The highest BCUT2D eigenvalue weighted by Gasteiger charge is 2.32. The Bertz CT molecular complexity index is 1210. The van der Waals surface area contributed by atoms with Crippen LogP contribution in [0, 0.1) is 11.3 Å². The Labute approximate surface area is 231 Å². The number of carboxylic acid groups (broad SMARTS) is 1. The second kappa shape index (κ2) is 13.2. The second-order valence-electron chi connectivity index (χ2n) is 11.3. The Morgan fingerprint density at radius 3 is 2.62 bits per heavy atom. The first-order valence-corrected chi connectivity index (χ1v) is 13.7. The van der Waals surface area contributed by atoms with Gasteiger partial charge in [-0.05, 0) is 49.8 Å².